The molecule has 0 saturated heterocycles. The lowest BCUT2D eigenvalue weighted by molar-refractivity contribution is -0.122. The quantitative estimate of drug-likeness (QED) is 0.773. The Bertz CT molecular complexity index is 478. The molecule has 0 bridgehead atoms. The molecule has 118 valence electrons. The van der Waals surface area contributed by atoms with Crippen LogP contribution < -0.4 is 20.1 Å². The molecular weight excluding hydrogens is 292 g/mol. The zero-order valence-electron chi connectivity index (χ0n) is 13.0. The second-order valence-corrected chi connectivity index (χ2v) is 5.38. The zero-order chi connectivity index (χ0) is 15.8. The van der Waals surface area contributed by atoms with E-state index in [1.54, 1.807) is 13.2 Å². The maximum Gasteiger partial charge on any atom is 0.223 e. The van der Waals surface area contributed by atoms with E-state index in [9.17, 15) is 4.79 Å². The summed E-state index contributed by atoms with van der Waals surface area (Å²) in [4.78, 5) is 11.6. The summed E-state index contributed by atoms with van der Waals surface area (Å²) in [6.45, 7) is 4.73. The van der Waals surface area contributed by atoms with Crippen LogP contribution in [0.1, 0.15) is 25.8 Å². The Morgan fingerprint density at radius 1 is 1.38 bits per heavy atom. The number of ether oxygens (including phenoxy) is 2. The molecule has 5 nitrogen and oxygen atoms in total. The topological polar surface area (TPSA) is 59.6 Å². The molecule has 0 heterocycles. The molecule has 0 spiro atoms. The zero-order valence-corrected chi connectivity index (χ0v) is 13.7. The van der Waals surface area contributed by atoms with Gasteiger partial charge in [0, 0.05) is 29.2 Å². The number of carbonyl (C=O) groups is 1. The van der Waals surface area contributed by atoms with Gasteiger partial charge in [-0.2, -0.15) is 0 Å². The Labute approximate surface area is 131 Å². The first-order chi connectivity index (χ1) is 9.97. The number of hydrogen-bond acceptors (Lipinski definition) is 4. The summed E-state index contributed by atoms with van der Waals surface area (Å²) in [6, 6.07) is 3.65. The molecular formula is C15H23ClN2O3. The fraction of sp³-hybridized carbons (Fsp3) is 0.533. The van der Waals surface area contributed by atoms with Gasteiger partial charge in [-0.25, -0.2) is 0 Å². The third-order valence-electron chi connectivity index (χ3n) is 2.71. The van der Waals surface area contributed by atoms with E-state index in [0.717, 1.165) is 5.56 Å². The van der Waals surface area contributed by atoms with Gasteiger partial charge in [-0.05, 0) is 27.0 Å². The second-order valence-electron chi connectivity index (χ2n) is 4.95. The number of carbonyl (C=O) groups excluding carboxylic acids is 1. The van der Waals surface area contributed by atoms with Gasteiger partial charge in [0.25, 0.3) is 0 Å². The minimum absolute atomic E-state index is 0.0342. The van der Waals surface area contributed by atoms with Gasteiger partial charge in [0.1, 0.15) is 0 Å². The van der Waals surface area contributed by atoms with E-state index in [-0.39, 0.29) is 18.6 Å². The lowest BCUT2D eigenvalue weighted by Crippen LogP contribution is -2.31. The largest absolute Gasteiger partial charge is 0.493 e. The van der Waals surface area contributed by atoms with Crippen LogP contribution in [0.2, 0.25) is 5.02 Å². The summed E-state index contributed by atoms with van der Waals surface area (Å²) in [6.07, 6.45) is 0.295. The molecule has 0 aliphatic carbocycles. The van der Waals surface area contributed by atoms with Crippen LogP contribution in [0.3, 0.4) is 0 Å². The van der Waals surface area contributed by atoms with Crippen molar-refractivity contribution in [3.8, 4) is 11.5 Å². The first kappa shape index (κ1) is 17.6. The molecule has 2 N–H and O–H groups in total. The maximum atomic E-state index is 11.6. The van der Waals surface area contributed by atoms with E-state index in [1.165, 1.54) is 0 Å². The van der Waals surface area contributed by atoms with Crippen molar-refractivity contribution >= 4 is 17.5 Å². The summed E-state index contributed by atoms with van der Waals surface area (Å²) in [5, 5.41) is 6.46. The predicted molar refractivity (Wildman–Crippen MR) is 84.2 cm³/mol. The van der Waals surface area contributed by atoms with Crippen molar-refractivity contribution in [1.82, 2.24) is 10.6 Å². The molecule has 0 unspecified atom stereocenters. The summed E-state index contributed by atoms with van der Waals surface area (Å²) >= 11 is 6.05. The van der Waals surface area contributed by atoms with Crippen LogP contribution >= 0.6 is 11.6 Å². The Balaban J connectivity index is 2.74. The number of halogens is 1. The number of methoxy groups -OCH3 is 1. The molecule has 0 saturated carbocycles. The molecule has 21 heavy (non-hydrogen) atoms. The van der Waals surface area contributed by atoms with Gasteiger partial charge >= 0.3 is 0 Å². The molecule has 0 aromatic heterocycles. The highest BCUT2D eigenvalue weighted by molar-refractivity contribution is 6.30. The van der Waals surface area contributed by atoms with E-state index < -0.39 is 0 Å². The molecule has 0 fully saturated rings. The minimum atomic E-state index is -0.0342. The number of hydrogen-bond donors (Lipinski definition) is 2. The summed E-state index contributed by atoms with van der Waals surface area (Å²) in [5.41, 5.74) is 0.895. The van der Waals surface area contributed by atoms with Gasteiger partial charge in [-0.1, -0.05) is 11.6 Å². The second kappa shape index (κ2) is 8.74. The van der Waals surface area contributed by atoms with Crippen molar-refractivity contribution in [3.63, 3.8) is 0 Å². The van der Waals surface area contributed by atoms with Crippen LogP contribution in [0.15, 0.2) is 12.1 Å². The van der Waals surface area contributed by atoms with Crippen molar-refractivity contribution in [1.29, 1.82) is 0 Å². The van der Waals surface area contributed by atoms with E-state index >= 15 is 0 Å². The van der Waals surface area contributed by atoms with Gasteiger partial charge in [0.05, 0.1) is 20.1 Å². The van der Waals surface area contributed by atoms with Gasteiger partial charge < -0.3 is 20.1 Å². The fourth-order valence-corrected chi connectivity index (χ4v) is 2.13. The third kappa shape index (κ3) is 5.81. The molecule has 0 radical (unpaired) electrons. The lowest BCUT2D eigenvalue weighted by atomic mass is 10.2. The number of rotatable bonds is 8. The van der Waals surface area contributed by atoms with Crippen molar-refractivity contribution in [2.45, 2.75) is 32.9 Å². The van der Waals surface area contributed by atoms with Gasteiger partial charge in [-0.3, -0.25) is 4.79 Å². The van der Waals surface area contributed by atoms with E-state index in [4.69, 9.17) is 21.1 Å². The van der Waals surface area contributed by atoms with E-state index in [1.807, 2.05) is 27.0 Å². The van der Waals surface area contributed by atoms with Crippen molar-refractivity contribution in [3.05, 3.63) is 22.7 Å². The Kier molecular flexibility index (Phi) is 7.32. The Hall–Kier alpha value is -1.46. The van der Waals surface area contributed by atoms with Gasteiger partial charge in [0.2, 0.25) is 5.91 Å². The lowest BCUT2D eigenvalue weighted by Gasteiger charge is -2.16. The highest BCUT2D eigenvalue weighted by Gasteiger charge is 2.13. The van der Waals surface area contributed by atoms with E-state index in [2.05, 4.69) is 10.6 Å². The summed E-state index contributed by atoms with van der Waals surface area (Å²) < 4.78 is 11.0. The number of benzene rings is 1. The summed E-state index contributed by atoms with van der Waals surface area (Å²) in [7, 11) is 3.40. The highest BCUT2D eigenvalue weighted by Crippen LogP contribution is 2.34. The molecule has 1 rings (SSSR count). The molecule has 1 amide bonds. The average Bonchev–Trinajstić information content (AvgIpc) is 2.40. The average molecular weight is 315 g/mol. The SMILES string of the molecule is CNCc1cc(Cl)cc(OC)c1OCCC(=O)NC(C)C. The summed E-state index contributed by atoms with van der Waals surface area (Å²) in [5.74, 6) is 1.15. The van der Waals surface area contributed by atoms with Crippen molar-refractivity contribution in [2.75, 3.05) is 20.8 Å². The van der Waals surface area contributed by atoms with Gasteiger partial charge in [-0.15, -0.1) is 0 Å². The predicted octanol–water partition coefficient (Wildman–Crippen LogP) is 2.36. The smallest absolute Gasteiger partial charge is 0.223 e. The number of amides is 1. The normalized spacial score (nSPS) is 10.6. The van der Waals surface area contributed by atoms with Crippen LogP contribution in [0.25, 0.3) is 0 Å². The van der Waals surface area contributed by atoms with E-state index in [0.29, 0.717) is 29.5 Å². The first-order valence-corrected chi connectivity index (χ1v) is 7.28. The van der Waals surface area contributed by atoms with Gasteiger partial charge in [0.15, 0.2) is 11.5 Å². The maximum absolute atomic E-state index is 11.6. The standard InChI is InChI=1S/C15H23ClN2O3/c1-10(2)18-14(19)5-6-21-15-11(9-17-3)7-12(16)8-13(15)20-4/h7-8,10,17H,5-6,9H2,1-4H3,(H,18,19). The molecule has 1 aromatic rings. The highest BCUT2D eigenvalue weighted by atomic mass is 35.5. The van der Waals surface area contributed by atoms with Crippen LogP contribution in [-0.4, -0.2) is 32.7 Å². The van der Waals surface area contributed by atoms with Crippen molar-refractivity contribution in [2.24, 2.45) is 0 Å². The Morgan fingerprint density at radius 2 is 2.10 bits per heavy atom. The molecule has 0 aliphatic heterocycles. The third-order valence-corrected chi connectivity index (χ3v) is 2.93. The molecule has 6 heteroatoms. The fourth-order valence-electron chi connectivity index (χ4n) is 1.90. The van der Waals surface area contributed by atoms with Crippen LogP contribution in [0.4, 0.5) is 0 Å². The van der Waals surface area contributed by atoms with Crippen LogP contribution in [0.5, 0.6) is 11.5 Å². The molecule has 1 aromatic carbocycles. The van der Waals surface area contributed by atoms with Crippen LogP contribution in [-0.2, 0) is 11.3 Å². The minimum Gasteiger partial charge on any atom is -0.493 e. The van der Waals surface area contributed by atoms with Crippen molar-refractivity contribution < 1.29 is 14.3 Å². The monoisotopic (exact) mass is 314 g/mol. The first-order valence-electron chi connectivity index (χ1n) is 6.91. The Morgan fingerprint density at radius 3 is 2.67 bits per heavy atom. The molecule has 0 atom stereocenters. The number of nitrogens with one attached hydrogen (secondary N) is 2. The van der Waals surface area contributed by atoms with Crippen LogP contribution in [0, 0.1) is 0 Å². The molecule has 0 aliphatic rings.